The number of amides is 2. The highest BCUT2D eigenvalue weighted by molar-refractivity contribution is 5.93. The van der Waals surface area contributed by atoms with Gasteiger partial charge >= 0.3 is 0 Å². The van der Waals surface area contributed by atoms with E-state index in [2.05, 4.69) is 0 Å². The zero-order chi connectivity index (χ0) is 17.4. The maximum atomic E-state index is 12.4. The lowest BCUT2D eigenvalue weighted by Gasteiger charge is -2.35. The number of hydrogen-bond acceptors (Lipinski definition) is 3. The van der Waals surface area contributed by atoms with Gasteiger partial charge in [0.05, 0.1) is 0 Å². The van der Waals surface area contributed by atoms with Crippen molar-refractivity contribution < 1.29 is 14.7 Å². The minimum atomic E-state index is 0.0274. The fourth-order valence-electron chi connectivity index (χ4n) is 3.28. The SMILES string of the molecule is CN(C(=O)CCCC(=O)N1CCCCC1CCO)c1ccccc1. The van der Waals surface area contributed by atoms with E-state index < -0.39 is 0 Å². The molecular formula is C19H28N2O3. The van der Waals surface area contributed by atoms with Crippen molar-refractivity contribution in [1.82, 2.24) is 4.90 Å². The van der Waals surface area contributed by atoms with Crippen molar-refractivity contribution in [2.24, 2.45) is 0 Å². The number of carbonyl (C=O) groups excluding carboxylic acids is 2. The van der Waals surface area contributed by atoms with Gasteiger partial charge in [0.15, 0.2) is 0 Å². The van der Waals surface area contributed by atoms with Gasteiger partial charge in [-0.25, -0.2) is 0 Å². The number of para-hydroxylation sites is 1. The van der Waals surface area contributed by atoms with Crippen LogP contribution in [0.3, 0.4) is 0 Å². The van der Waals surface area contributed by atoms with E-state index in [-0.39, 0.29) is 24.5 Å². The molecule has 132 valence electrons. The second-order valence-corrected chi connectivity index (χ2v) is 6.39. The first-order chi connectivity index (χ1) is 11.6. The molecule has 0 saturated carbocycles. The third-order valence-electron chi connectivity index (χ3n) is 4.71. The molecule has 0 radical (unpaired) electrons. The van der Waals surface area contributed by atoms with Crippen LogP contribution in [0.25, 0.3) is 0 Å². The summed E-state index contributed by atoms with van der Waals surface area (Å²) in [5.41, 5.74) is 0.868. The standard InChI is InChI=1S/C19H28N2O3/c1-20(16-8-3-2-4-9-16)18(23)11-7-12-19(24)21-14-6-5-10-17(21)13-15-22/h2-4,8-9,17,22H,5-7,10-15H2,1H3. The number of rotatable bonds is 7. The number of aliphatic hydroxyl groups excluding tert-OH is 1. The van der Waals surface area contributed by atoms with Gasteiger partial charge in [-0.3, -0.25) is 9.59 Å². The van der Waals surface area contributed by atoms with Gasteiger partial charge in [-0.05, 0) is 44.2 Å². The average molecular weight is 332 g/mol. The third kappa shape index (κ3) is 5.06. The van der Waals surface area contributed by atoms with Gasteiger partial charge in [0, 0.05) is 44.8 Å². The van der Waals surface area contributed by atoms with E-state index >= 15 is 0 Å². The number of hydrogen-bond donors (Lipinski definition) is 1. The average Bonchev–Trinajstić information content (AvgIpc) is 2.62. The van der Waals surface area contributed by atoms with Crippen molar-refractivity contribution in [3.8, 4) is 0 Å². The number of piperidine rings is 1. The molecule has 1 aromatic rings. The maximum Gasteiger partial charge on any atom is 0.226 e. The molecule has 0 bridgehead atoms. The van der Waals surface area contributed by atoms with Crippen molar-refractivity contribution in [2.45, 2.75) is 51.0 Å². The van der Waals surface area contributed by atoms with Crippen molar-refractivity contribution in [3.63, 3.8) is 0 Å². The summed E-state index contributed by atoms with van der Waals surface area (Å²) in [6, 6.07) is 9.69. The Kier molecular flexibility index (Phi) is 7.25. The van der Waals surface area contributed by atoms with Gasteiger partial charge in [-0.15, -0.1) is 0 Å². The van der Waals surface area contributed by atoms with E-state index in [0.717, 1.165) is 31.5 Å². The first kappa shape index (κ1) is 18.5. The van der Waals surface area contributed by atoms with E-state index in [9.17, 15) is 9.59 Å². The predicted molar refractivity (Wildman–Crippen MR) is 94.8 cm³/mol. The highest BCUT2D eigenvalue weighted by Crippen LogP contribution is 2.21. The predicted octanol–water partition coefficient (Wildman–Crippen LogP) is 2.58. The fourth-order valence-corrected chi connectivity index (χ4v) is 3.28. The summed E-state index contributed by atoms with van der Waals surface area (Å²) < 4.78 is 0. The van der Waals surface area contributed by atoms with Gasteiger partial charge in [0.2, 0.25) is 11.8 Å². The topological polar surface area (TPSA) is 60.9 Å². The van der Waals surface area contributed by atoms with E-state index in [0.29, 0.717) is 25.7 Å². The van der Waals surface area contributed by atoms with Crippen LogP contribution in [0, 0.1) is 0 Å². The van der Waals surface area contributed by atoms with E-state index in [1.165, 1.54) is 0 Å². The Bertz CT molecular complexity index is 531. The molecule has 1 aliphatic rings. The molecule has 24 heavy (non-hydrogen) atoms. The molecule has 0 spiro atoms. The van der Waals surface area contributed by atoms with Crippen LogP contribution in [0.4, 0.5) is 5.69 Å². The third-order valence-corrected chi connectivity index (χ3v) is 4.71. The second kappa shape index (κ2) is 9.42. The first-order valence-corrected chi connectivity index (χ1v) is 8.85. The zero-order valence-electron chi connectivity index (χ0n) is 14.5. The molecule has 1 saturated heterocycles. The molecule has 1 unspecified atom stereocenters. The minimum Gasteiger partial charge on any atom is -0.396 e. The van der Waals surface area contributed by atoms with Gasteiger partial charge < -0.3 is 14.9 Å². The summed E-state index contributed by atoms with van der Waals surface area (Å²) in [5, 5.41) is 9.15. The fraction of sp³-hybridized carbons (Fsp3) is 0.579. The monoisotopic (exact) mass is 332 g/mol. The van der Waals surface area contributed by atoms with Crippen LogP contribution in [-0.4, -0.2) is 48.1 Å². The Morgan fingerprint density at radius 3 is 2.67 bits per heavy atom. The number of likely N-dealkylation sites (tertiary alicyclic amines) is 1. The summed E-state index contributed by atoms with van der Waals surface area (Å²) in [6.07, 6.45) is 5.12. The molecule has 1 aliphatic heterocycles. The van der Waals surface area contributed by atoms with Crippen molar-refractivity contribution in [2.75, 3.05) is 25.1 Å². The lowest BCUT2D eigenvalue weighted by atomic mass is 9.99. The normalized spacial score (nSPS) is 17.6. The lowest BCUT2D eigenvalue weighted by Crippen LogP contribution is -2.44. The molecule has 0 aromatic heterocycles. The summed E-state index contributed by atoms with van der Waals surface area (Å²) in [6.45, 7) is 0.899. The summed E-state index contributed by atoms with van der Waals surface area (Å²) in [5.74, 6) is 0.142. The van der Waals surface area contributed by atoms with Crippen LogP contribution in [0.15, 0.2) is 30.3 Å². The largest absolute Gasteiger partial charge is 0.396 e. The summed E-state index contributed by atoms with van der Waals surface area (Å²) >= 11 is 0. The molecule has 5 nitrogen and oxygen atoms in total. The molecule has 1 atom stereocenters. The molecule has 2 rings (SSSR count). The Morgan fingerprint density at radius 1 is 1.21 bits per heavy atom. The van der Waals surface area contributed by atoms with Crippen LogP contribution in [0.2, 0.25) is 0 Å². The molecule has 1 N–H and O–H groups in total. The maximum absolute atomic E-state index is 12.4. The Balaban J connectivity index is 1.78. The molecule has 1 fully saturated rings. The highest BCUT2D eigenvalue weighted by Gasteiger charge is 2.25. The van der Waals surface area contributed by atoms with Gasteiger partial charge in [-0.1, -0.05) is 18.2 Å². The highest BCUT2D eigenvalue weighted by atomic mass is 16.3. The lowest BCUT2D eigenvalue weighted by molar-refractivity contribution is -0.135. The molecule has 1 heterocycles. The van der Waals surface area contributed by atoms with Crippen molar-refractivity contribution in [3.05, 3.63) is 30.3 Å². The van der Waals surface area contributed by atoms with Crippen LogP contribution in [0.1, 0.15) is 44.9 Å². The van der Waals surface area contributed by atoms with Gasteiger partial charge in [0.1, 0.15) is 0 Å². The number of nitrogens with zero attached hydrogens (tertiary/aromatic N) is 2. The number of benzene rings is 1. The van der Waals surface area contributed by atoms with Gasteiger partial charge in [0.25, 0.3) is 0 Å². The Labute approximate surface area is 144 Å². The van der Waals surface area contributed by atoms with Crippen molar-refractivity contribution in [1.29, 1.82) is 0 Å². The summed E-state index contributed by atoms with van der Waals surface area (Å²) in [7, 11) is 1.77. The number of carbonyl (C=O) groups is 2. The quantitative estimate of drug-likeness (QED) is 0.835. The van der Waals surface area contributed by atoms with Crippen LogP contribution in [-0.2, 0) is 9.59 Å². The molecular weight excluding hydrogens is 304 g/mol. The van der Waals surface area contributed by atoms with Crippen LogP contribution < -0.4 is 4.90 Å². The minimum absolute atomic E-state index is 0.0274. The number of anilines is 1. The first-order valence-electron chi connectivity index (χ1n) is 8.85. The van der Waals surface area contributed by atoms with E-state index in [1.807, 2.05) is 35.2 Å². The molecule has 1 aromatic carbocycles. The second-order valence-electron chi connectivity index (χ2n) is 6.39. The van der Waals surface area contributed by atoms with Crippen molar-refractivity contribution >= 4 is 17.5 Å². The molecule has 5 heteroatoms. The van der Waals surface area contributed by atoms with Gasteiger partial charge in [-0.2, -0.15) is 0 Å². The summed E-state index contributed by atoms with van der Waals surface area (Å²) in [4.78, 5) is 28.2. The smallest absolute Gasteiger partial charge is 0.226 e. The van der Waals surface area contributed by atoms with Crippen LogP contribution >= 0.6 is 0 Å². The number of aliphatic hydroxyl groups is 1. The molecule has 0 aliphatic carbocycles. The van der Waals surface area contributed by atoms with Crippen LogP contribution in [0.5, 0.6) is 0 Å². The Hall–Kier alpha value is -1.88. The van der Waals surface area contributed by atoms with E-state index in [1.54, 1.807) is 11.9 Å². The Morgan fingerprint density at radius 2 is 1.96 bits per heavy atom. The molecule has 2 amide bonds. The van der Waals surface area contributed by atoms with E-state index in [4.69, 9.17) is 5.11 Å². The zero-order valence-corrected chi connectivity index (χ0v) is 14.5.